The first-order chi connectivity index (χ1) is 6.43. The van der Waals surface area contributed by atoms with Crippen molar-refractivity contribution in [2.45, 2.75) is 27.2 Å². The third-order valence-electron chi connectivity index (χ3n) is 1.38. The monoisotopic (exact) mass is 171 g/mol. The fourth-order valence-corrected chi connectivity index (χ4v) is 0.933. The van der Waals surface area contributed by atoms with E-state index in [1.165, 1.54) is 25.8 Å². The van der Waals surface area contributed by atoms with Crippen molar-refractivity contribution in [2.24, 2.45) is 0 Å². The minimum atomic E-state index is 0.500. The molecule has 0 aromatic heterocycles. The van der Waals surface area contributed by atoms with E-state index in [0.29, 0.717) is 7.18 Å². The Morgan fingerprint density at radius 2 is 1.75 bits per heavy atom. The molecular formula is C11H19F. The maximum atomic E-state index is 9.50. The number of alkyl halides is 1. The van der Waals surface area contributed by atoms with Crippen molar-refractivity contribution in [3.05, 3.63) is 35.9 Å². The molecule has 12 heavy (non-hydrogen) atoms. The van der Waals surface area contributed by atoms with Crippen molar-refractivity contribution in [3.63, 3.8) is 0 Å². The van der Waals surface area contributed by atoms with Crippen molar-refractivity contribution >= 4 is 0 Å². The van der Waals surface area contributed by atoms with Gasteiger partial charge in [-0.3, -0.25) is 4.39 Å². The molecule has 70 valence electrons. The topological polar surface area (TPSA) is 0 Å². The molecule has 1 heteroatoms. The summed E-state index contributed by atoms with van der Waals surface area (Å²) < 4.78 is 15.2. The summed E-state index contributed by atoms with van der Waals surface area (Å²) in [4.78, 5) is 0. The summed E-state index contributed by atoms with van der Waals surface area (Å²) in [6.45, 7) is 2.20. The molecule has 0 unspecified atom stereocenters. The Bertz CT molecular complexity index is 163. The van der Waals surface area contributed by atoms with E-state index in [9.17, 15) is 4.39 Å². The average molecular weight is 171 g/mol. The van der Waals surface area contributed by atoms with E-state index in [0.717, 1.165) is 0 Å². The minimum absolute atomic E-state index is 0.500. The second-order valence-corrected chi connectivity index (χ2v) is 2.24. The second-order valence-electron chi connectivity index (χ2n) is 2.24. The van der Waals surface area contributed by atoms with E-state index in [4.69, 9.17) is 1.37 Å². The molecule has 0 bridgehead atoms. The van der Waals surface area contributed by atoms with Crippen LogP contribution in [0.5, 0.6) is 0 Å². The molecule has 0 saturated carbocycles. The van der Waals surface area contributed by atoms with Crippen LogP contribution in [-0.2, 0) is 6.42 Å². The zero-order valence-corrected chi connectivity index (χ0v) is 8.18. The maximum absolute atomic E-state index is 9.50. The third kappa shape index (κ3) is 5.90. The zero-order valence-electron chi connectivity index (χ0n) is 9.18. The highest BCUT2D eigenvalue weighted by Crippen LogP contribution is 2.00. The third-order valence-corrected chi connectivity index (χ3v) is 1.38. The quantitative estimate of drug-likeness (QED) is 0.633. The predicted octanol–water partition coefficient (Wildman–Crippen LogP) is 3.86. The smallest absolute Gasteiger partial charge is 0.0785 e. The van der Waals surface area contributed by atoms with Crippen LogP contribution in [0.15, 0.2) is 30.3 Å². The van der Waals surface area contributed by atoms with Gasteiger partial charge in [0.05, 0.1) is 7.18 Å². The molecule has 1 rings (SSSR count). The first kappa shape index (κ1) is 11.2. The van der Waals surface area contributed by atoms with Crippen LogP contribution in [0.25, 0.3) is 0 Å². The lowest BCUT2D eigenvalue weighted by Crippen LogP contribution is -1.78. The van der Waals surface area contributed by atoms with Crippen molar-refractivity contribution < 1.29 is 5.76 Å². The molecule has 0 saturated heterocycles. The molecule has 0 amide bonds. The molecule has 0 atom stereocenters. The number of aryl methyl sites for hydroxylation is 1. The normalized spacial score (nSPS) is 8.17. The summed E-state index contributed by atoms with van der Waals surface area (Å²) in [7, 11) is 1.75. The van der Waals surface area contributed by atoms with Gasteiger partial charge in [0.2, 0.25) is 0 Å². The molecule has 0 nitrogen and oxygen atoms in total. The van der Waals surface area contributed by atoms with Gasteiger partial charge in [-0.1, -0.05) is 51.1 Å². The summed E-state index contributed by atoms with van der Waals surface area (Å²) >= 11 is 0. The molecule has 1 aromatic carbocycles. The van der Waals surface area contributed by atoms with Gasteiger partial charge in [0, 0.05) is 1.37 Å². The Morgan fingerprint density at radius 3 is 2.17 bits per heavy atom. The number of hydrogen-bond donors (Lipinski definition) is 0. The van der Waals surface area contributed by atoms with Crippen molar-refractivity contribution in [1.82, 2.24) is 0 Å². The van der Waals surface area contributed by atoms with Gasteiger partial charge in [0.25, 0.3) is 0 Å². The molecule has 1 aromatic rings. The summed E-state index contributed by atoms with van der Waals surface area (Å²) in [6, 6.07) is 10.6. The molecule has 0 fully saturated rings. The van der Waals surface area contributed by atoms with Crippen molar-refractivity contribution in [1.29, 1.82) is 0 Å². The standard InChI is InChI=1S/C9H12.CH3F.CH4/c1-2-6-9-7-4-3-5-8-9;1-2;/h3-5,7-8H,2,6H2,1H3;1H3;1H4/i;;1D. The van der Waals surface area contributed by atoms with Crippen LogP contribution in [0.4, 0.5) is 4.39 Å². The molecule has 0 spiro atoms. The van der Waals surface area contributed by atoms with Gasteiger partial charge in [-0.15, -0.1) is 0 Å². The van der Waals surface area contributed by atoms with E-state index < -0.39 is 0 Å². The summed E-state index contributed by atoms with van der Waals surface area (Å²) in [5.74, 6) is 0. The molecule has 0 N–H and O–H groups in total. The van der Waals surface area contributed by atoms with Crippen LogP contribution in [0.1, 0.15) is 27.7 Å². The maximum Gasteiger partial charge on any atom is 0.0785 e. The van der Waals surface area contributed by atoms with Crippen LogP contribution >= 0.6 is 0 Å². The lowest BCUT2D eigenvalue weighted by atomic mass is 10.1. The van der Waals surface area contributed by atoms with Crippen molar-refractivity contribution in [3.8, 4) is 0 Å². The van der Waals surface area contributed by atoms with E-state index in [1.807, 2.05) is 0 Å². The van der Waals surface area contributed by atoms with Gasteiger partial charge in [0.1, 0.15) is 0 Å². The van der Waals surface area contributed by atoms with E-state index in [-0.39, 0.29) is 0 Å². The highest BCUT2D eigenvalue weighted by Gasteiger charge is 1.84. The van der Waals surface area contributed by atoms with E-state index >= 15 is 0 Å². The number of benzene rings is 1. The van der Waals surface area contributed by atoms with Gasteiger partial charge >= 0.3 is 0 Å². The number of rotatable bonds is 2. The second kappa shape index (κ2) is 10.2. The van der Waals surface area contributed by atoms with E-state index in [1.54, 1.807) is 0 Å². The highest BCUT2D eigenvalue weighted by molar-refractivity contribution is 5.14. The molecular weight excluding hydrogens is 151 g/mol. The minimum Gasteiger partial charge on any atom is -0.255 e. The van der Waals surface area contributed by atoms with E-state index in [2.05, 4.69) is 37.3 Å². The lowest BCUT2D eigenvalue weighted by Gasteiger charge is -1.93. The van der Waals surface area contributed by atoms with Crippen LogP contribution in [0, 0.1) is 0 Å². The zero-order chi connectivity index (χ0) is 10.5. The van der Waals surface area contributed by atoms with Crippen LogP contribution in [0.2, 0.25) is 0 Å². The Hall–Kier alpha value is -0.850. The summed E-state index contributed by atoms with van der Waals surface area (Å²) in [5.41, 5.74) is 1.44. The fourth-order valence-electron chi connectivity index (χ4n) is 0.933. The van der Waals surface area contributed by atoms with Gasteiger partial charge in [0.15, 0.2) is 0 Å². The van der Waals surface area contributed by atoms with Gasteiger partial charge in [-0.05, 0) is 12.0 Å². The Labute approximate surface area is 76.8 Å². The molecule has 0 heterocycles. The van der Waals surface area contributed by atoms with Crippen molar-refractivity contribution in [2.75, 3.05) is 7.18 Å². The highest BCUT2D eigenvalue weighted by atomic mass is 19.1. The molecule has 0 aliphatic carbocycles. The van der Waals surface area contributed by atoms with Crippen LogP contribution < -0.4 is 0 Å². The largest absolute Gasteiger partial charge is 0.255 e. The average Bonchev–Trinajstić information content (AvgIpc) is 2.26. The van der Waals surface area contributed by atoms with Gasteiger partial charge in [-0.25, -0.2) is 0 Å². The summed E-state index contributed by atoms with van der Waals surface area (Å²) in [5, 5.41) is 0. The first-order valence-electron chi connectivity index (χ1n) is 4.85. The molecule has 0 aliphatic rings. The molecule has 0 radical (unpaired) electrons. The van der Waals surface area contributed by atoms with Gasteiger partial charge in [-0.2, -0.15) is 0 Å². The fraction of sp³-hybridized carbons (Fsp3) is 0.455. The molecule has 0 aliphatic heterocycles. The number of halogens is 1. The summed E-state index contributed by atoms with van der Waals surface area (Å²) in [6.07, 6.45) is 2.45. The Balaban J connectivity index is 0. The van der Waals surface area contributed by atoms with Crippen LogP contribution in [0.3, 0.4) is 0 Å². The Kier molecular flexibility index (Phi) is 9.43. The predicted molar refractivity (Wildman–Crippen MR) is 54.2 cm³/mol. The first-order valence-corrected chi connectivity index (χ1v) is 3.85. The Morgan fingerprint density at radius 1 is 1.25 bits per heavy atom. The number of hydrogen-bond acceptors (Lipinski definition) is 0. The lowest BCUT2D eigenvalue weighted by molar-refractivity contribution is 0.636. The van der Waals surface area contributed by atoms with Crippen LogP contribution in [-0.4, -0.2) is 7.18 Å². The van der Waals surface area contributed by atoms with Gasteiger partial charge < -0.3 is 0 Å². The SMILES string of the molecule is CCCc1ccccc1.CF.[2H]C.